The number of hydrogen-bond donors (Lipinski definition) is 1. The minimum Gasteiger partial charge on any atom is -0.350 e. The third-order valence-corrected chi connectivity index (χ3v) is 4.33. The predicted octanol–water partition coefficient (Wildman–Crippen LogP) is 3.05. The summed E-state index contributed by atoms with van der Waals surface area (Å²) in [6.07, 6.45) is 2.56. The van der Waals surface area contributed by atoms with Crippen LogP contribution in [0.5, 0.6) is 0 Å². The van der Waals surface area contributed by atoms with E-state index < -0.39 is 0 Å². The fourth-order valence-electron chi connectivity index (χ4n) is 2.98. The van der Waals surface area contributed by atoms with Crippen LogP contribution in [0.25, 0.3) is 10.8 Å². The smallest absolute Gasteiger partial charge is 0.251 e. The van der Waals surface area contributed by atoms with E-state index in [4.69, 9.17) is 0 Å². The van der Waals surface area contributed by atoms with Gasteiger partial charge in [0.2, 0.25) is 0 Å². The molecule has 1 fully saturated rings. The summed E-state index contributed by atoms with van der Waals surface area (Å²) in [7, 11) is 0. The molecule has 1 amide bonds. The highest BCUT2D eigenvalue weighted by Gasteiger charge is 2.18. The highest BCUT2D eigenvalue weighted by atomic mass is 16.1. The first-order chi connectivity index (χ1) is 10.2. The zero-order valence-corrected chi connectivity index (χ0v) is 12.5. The Morgan fingerprint density at radius 2 is 1.86 bits per heavy atom. The lowest BCUT2D eigenvalue weighted by Crippen LogP contribution is -2.40. The fourth-order valence-corrected chi connectivity index (χ4v) is 2.98. The molecule has 3 rings (SSSR count). The molecule has 0 spiro atoms. The summed E-state index contributed by atoms with van der Waals surface area (Å²) in [6, 6.07) is 14.4. The van der Waals surface area contributed by atoms with E-state index in [1.165, 1.54) is 18.2 Å². The van der Waals surface area contributed by atoms with Gasteiger partial charge in [-0.2, -0.15) is 0 Å². The van der Waals surface area contributed by atoms with Crippen LogP contribution < -0.4 is 5.32 Å². The van der Waals surface area contributed by atoms with Crippen LogP contribution >= 0.6 is 0 Å². The molecule has 110 valence electrons. The Balaban J connectivity index is 1.63. The Morgan fingerprint density at radius 3 is 2.62 bits per heavy atom. The molecule has 0 aliphatic carbocycles. The lowest BCUT2D eigenvalue weighted by Gasteiger charge is -2.23. The van der Waals surface area contributed by atoms with Crippen molar-refractivity contribution in [3.8, 4) is 0 Å². The molecule has 1 atom stereocenters. The maximum Gasteiger partial charge on any atom is 0.251 e. The molecule has 2 aromatic carbocycles. The van der Waals surface area contributed by atoms with E-state index in [1.54, 1.807) is 0 Å². The Labute approximate surface area is 125 Å². The van der Waals surface area contributed by atoms with Crippen molar-refractivity contribution in [3.05, 3.63) is 48.0 Å². The van der Waals surface area contributed by atoms with Crippen molar-refractivity contribution in [2.45, 2.75) is 25.8 Å². The monoisotopic (exact) mass is 282 g/mol. The van der Waals surface area contributed by atoms with Crippen molar-refractivity contribution in [2.75, 3.05) is 19.6 Å². The largest absolute Gasteiger partial charge is 0.350 e. The van der Waals surface area contributed by atoms with E-state index in [-0.39, 0.29) is 5.91 Å². The van der Waals surface area contributed by atoms with Gasteiger partial charge >= 0.3 is 0 Å². The summed E-state index contributed by atoms with van der Waals surface area (Å²) in [5.41, 5.74) is 0.738. The summed E-state index contributed by atoms with van der Waals surface area (Å²) >= 11 is 0. The zero-order valence-electron chi connectivity index (χ0n) is 12.5. The van der Waals surface area contributed by atoms with Crippen LogP contribution in [0.4, 0.5) is 0 Å². The summed E-state index contributed by atoms with van der Waals surface area (Å²) in [5, 5.41) is 5.33. The number of nitrogens with zero attached hydrogens (tertiary/aromatic N) is 1. The van der Waals surface area contributed by atoms with E-state index in [0.29, 0.717) is 12.6 Å². The number of likely N-dealkylation sites (tertiary alicyclic amines) is 1. The summed E-state index contributed by atoms with van der Waals surface area (Å²) in [4.78, 5) is 14.7. The molecular formula is C18H22N2O. The second kappa shape index (κ2) is 6.27. The number of benzene rings is 2. The van der Waals surface area contributed by atoms with Gasteiger partial charge in [-0.1, -0.05) is 30.3 Å². The van der Waals surface area contributed by atoms with Gasteiger partial charge in [-0.15, -0.1) is 0 Å². The van der Waals surface area contributed by atoms with Crippen LogP contribution in [0.15, 0.2) is 42.5 Å². The first kappa shape index (κ1) is 14.1. The number of amides is 1. The van der Waals surface area contributed by atoms with Gasteiger partial charge in [0.1, 0.15) is 0 Å². The second-order valence-electron chi connectivity index (χ2n) is 5.86. The van der Waals surface area contributed by atoms with Gasteiger partial charge in [0.05, 0.1) is 0 Å². The topological polar surface area (TPSA) is 32.3 Å². The molecule has 0 saturated carbocycles. The SMILES string of the molecule is C[C@H](CNC(=O)c1ccc2ccccc2c1)N1CCCC1. The lowest BCUT2D eigenvalue weighted by atomic mass is 10.1. The first-order valence-corrected chi connectivity index (χ1v) is 7.75. The Kier molecular flexibility index (Phi) is 4.20. The van der Waals surface area contributed by atoms with Crippen LogP contribution in [0.2, 0.25) is 0 Å². The molecule has 2 aromatic rings. The third kappa shape index (κ3) is 3.24. The molecule has 0 unspecified atom stereocenters. The molecule has 21 heavy (non-hydrogen) atoms. The van der Waals surface area contributed by atoms with Crippen LogP contribution in [0, 0.1) is 0 Å². The van der Waals surface area contributed by atoms with Crippen LogP contribution in [-0.2, 0) is 0 Å². The van der Waals surface area contributed by atoms with Crippen molar-refractivity contribution in [2.24, 2.45) is 0 Å². The molecule has 3 nitrogen and oxygen atoms in total. The molecule has 1 aliphatic heterocycles. The molecule has 3 heteroatoms. The summed E-state index contributed by atoms with van der Waals surface area (Å²) in [6.45, 7) is 5.22. The number of hydrogen-bond acceptors (Lipinski definition) is 2. The fraction of sp³-hybridized carbons (Fsp3) is 0.389. The van der Waals surface area contributed by atoms with Crippen molar-refractivity contribution >= 4 is 16.7 Å². The maximum atomic E-state index is 12.3. The normalized spacial score (nSPS) is 17.0. The standard InChI is InChI=1S/C18H22N2O/c1-14(20-10-4-5-11-20)13-19-18(21)17-9-8-15-6-2-3-7-16(15)12-17/h2-3,6-9,12,14H,4-5,10-11,13H2,1H3,(H,19,21)/t14-/m1/s1. The predicted molar refractivity (Wildman–Crippen MR) is 86.6 cm³/mol. The van der Waals surface area contributed by atoms with E-state index in [9.17, 15) is 4.79 Å². The van der Waals surface area contributed by atoms with E-state index in [2.05, 4.69) is 23.2 Å². The zero-order chi connectivity index (χ0) is 14.7. The number of nitrogens with one attached hydrogen (secondary N) is 1. The Hall–Kier alpha value is -1.87. The molecule has 1 saturated heterocycles. The molecule has 0 radical (unpaired) electrons. The minimum absolute atomic E-state index is 0.0202. The quantitative estimate of drug-likeness (QED) is 0.934. The van der Waals surface area contributed by atoms with E-state index in [1.807, 2.05) is 36.4 Å². The molecule has 1 heterocycles. The highest BCUT2D eigenvalue weighted by molar-refractivity contribution is 5.98. The van der Waals surface area contributed by atoms with Gasteiger partial charge in [0.15, 0.2) is 0 Å². The minimum atomic E-state index is 0.0202. The molecule has 0 aromatic heterocycles. The van der Waals surface area contributed by atoms with Gasteiger partial charge in [-0.3, -0.25) is 9.69 Å². The maximum absolute atomic E-state index is 12.3. The van der Waals surface area contributed by atoms with E-state index >= 15 is 0 Å². The van der Waals surface area contributed by atoms with Gasteiger partial charge < -0.3 is 5.32 Å². The number of fused-ring (bicyclic) bond motifs is 1. The average molecular weight is 282 g/mol. The second-order valence-corrected chi connectivity index (χ2v) is 5.86. The number of rotatable bonds is 4. The van der Waals surface area contributed by atoms with Crippen LogP contribution in [0.3, 0.4) is 0 Å². The first-order valence-electron chi connectivity index (χ1n) is 7.75. The average Bonchev–Trinajstić information content (AvgIpc) is 3.06. The van der Waals surface area contributed by atoms with Crippen LogP contribution in [-0.4, -0.2) is 36.5 Å². The molecule has 1 aliphatic rings. The summed E-state index contributed by atoms with van der Waals surface area (Å²) < 4.78 is 0. The van der Waals surface area contributed by atoms with Crippen molar-refractivity contribution in [1.82, 2.24) is 10.2 Å². The number of carbonyl (C=O) groups excluding carboxylic acids is 1. The van der Waals surface area contributed by atoms with Gasteiger partial charge in [0.25, 0.3) is 5.91 Å². The molecule has 0 bridgehead atoms. The Morgan fingerprint density at radius 1 is 1.14 bits per heavy atom. The molecular weight excluding hydrogens is 260 g/mol. The van der Waals surface area contributed by atoms with Crippen molar-refractivity contribution < 1.29 is 4.79 Å². The number of carbonyl (C=O) groups is 1. The van der Waals surface area contributed by atoms with E-state index in [0.717, 1.165) is 24.0 Å². The molecule has 1 N–H and O–H groups in total. The Bertz CT molecular complexity index is 632. The lowest BCUT2D eigenvalue weighted by molar-refractivity contribution is 0.0940. The van der Waals surface area contributed by atoms with Crippen molar-refractivity contribution in [1.29, 1.82) is 0 Å². The van der Waals surface area contributed by atoms with Gasteiger partial charge in [-0.25, -0.2) is 0 Å². The summed E-state index contributed by atoms with van der Waals surface area (Å²) in [5.74, 6) is 0.0202. The third-order valence-electron chi connectivity index (χ3n) is 4.33. The van der Waals surface area contributed by atoms with Crippen molar-refractivity contribution in [3.63, 3.8) is 0 Å². The highest BCUT2D eigenvalue weighted by Crippen LogP contribution is 2.16. The van der Waals surface area contributed by atoms with Crippen LogP contribution in [0.1, 0.15) is 30.1 Å². The van der Waals surface area contributed by atoms with Gasteiger partial charge in [0, 0.05) is 18.2 Å². The van der Waals surface area contributed by atoms with Gasteiger partial charge in [-0.05, 0) is 55.8 Å².